The van der Waals surface area contributed by atoms with Crippen molar-refractivity contribution in [2.45, 2.75) is 31.1 Å². The molecule has 3 rings (SSSR count). The van der Waals surface area contributed by atoms with E-state index in [1.165, 1.54) is 18.6 Å². The standard InChI is InChI=1S/C14H19N3OS/c1-18-9-3-6-12-16-11-5-2-8-15-14(11)17(12)13-7-4-10-19-13/h2,5,8,13H,3-4,6-7,9-10H2,1H3. The Hall–Kier alpha value is -1.07. The topological polar surface area (TPSA) is 39.9 Å². The van der Waals surface area contributed by atoms with E-state index in [2.05, 4.69) is 15.6 Å². The summed E-state index contributed by atoms with van der Waals surface area (Å²) in [7, 11) is 1.75. The van der Waals surface area contributed by atoms with E-state index in [4.69, 9.17) is 9.72 Å². The molecule has 4 nitrogen and oxygen atoms in total. The SMILES string of the molecule is COCCCc1nc2cccnc2n1C1CCCS1. The van der Waals surface area contributed by atoms with Crippen LogP contribution in [0, 0.1) is 0 Å². The molecule has 1 atom stereocenters. The van der Waals surface area contributed by atoms with Gasteiger partial charge >= 0.3 is 0 Å². The average molecular weight is 277 g/mol. The summed E-state index contributed by atoms with van der Waals surface area (Å²) in [5, 5.41) is 0.512. The number of pyridine rings is 1. The molecule has 19 heavy (non-hydrogen) atoms. The number of nitrogens with zero attached hydrogens (tertiary/aromatic N) is 3. The molecule has 102 valence electrons. The monoisotopic (exact) mass is 277 g/mol. The van der Waals surface area contributed by atoms with E-state index in [1.54, 1.807) is 7.11 Å². The third kappa shape index (κ3) is 2.62. The summed E-state index contributed by atoms with van der Waals surface area (Å²) >= 11 is 2.02. The Morgan fingerprint density at radius 1 is 1.53 bits per heavy atom. The highest BCUT2D eigenvalue weighted by Crippen LogP contribution is 2.38. The summed E-state index contributed by atoms with van der Waals surface area (Å²) in [4.78, 5) is 9.29. The van der Waals surface area contributed by atoms with E-state index < -0.39 is 0 Å². The van der Waals surface area contributed by atoms with Gasteiger partial charge in [0.25, 0.3) is 0 Å². The molecule has 0 aromatic carbocycles. The molecule has 0 N–H and O–H groups in total. The summed E-state index contributed by atoms with van der Waals surface area (Å²) in [5.41, 5.74) is 2.05. The molecular formula is C14H19N3OS. The molecule has 0 radical (unpaired) electrons. The summed E-state index contributed by atoms with van der Waals surface area (Å²) in [6.07, 6.45) is 6.35. The minimum Gasteiger partial charge on any atom is -0.385 e. The van der Waals surface area contributed by atoms with Crippen LogP contribution in [0.2, 0.25) is 0 Å². The van der Waals surface area contributed by atoms with Gasteiger partial charge in [-0.3, -0.25) is 0 Å². The second kappa shape index (κ2) is 5.92. The Kier molecular flexibility index (Phi) is 4.03. The molecule has 1 aliphatic heterocycles. The molecule has 0 spiro atoms. The third-order valence-corrected chi connectivity index (χ3v) is 4.82. The van der Waals surface area contributed by atoms with Crippen LogP contribution in [0.5, 0.6) is 0 Å². The van der Waals surface area contributed by atoms with Crippen LogP contribution >= 0.6 is 11.8 Å². The van der Waals surface area contributed by atoms with Crippen molar-refractivity contribution in [3.63, 3.8) is 0 Å². The minimum atomic E-state index is 0.512. The fourth-order valence-corrected chi connectivity index (χ4v) is 3.90. The molecule has 0 aliphatic carbocycles. The van der Waals surface area contributed by atoms with Crippen molar-refractivity contribution < 1.29 is 4.74 Å². The normalized spacial score (nSPS) is 19.3. The molecule has 1 saturated heterocycles. The Morgan fingerprint density at radius 2 is 2.47 bits per heavy atom. The van der Waals surface area contributed by atoms with Crippen molar-refractivity contribution in [3.8, 4) is 0 Å². The maximum absolute atomic E-state index is 5.15. The highest BCUT2D eigenvalue weighted by Gasteiger charge is 2.23. The van der Waals surface area contributed by atoms with Crippen LogP contribution in [0.4, 0.5) is 0 Å². The van der Waals surface area contributed by atoms with Crippen LogP contribution in [0.3, 0.4) is 0 Å². The van der Waals surface area contributed by atoms with Crippen LogP contribution in [-0.4, -0.2) is 34.0 Å². The zero-order chi connectivity index (χ0) is 13.1. The molecule has 5 heteroatoms. The molecule has 0 saturated carbocycles. The van der Waals surface area contributed by atoms with Gasteiger partial charge in [0.2, 0.25) is 0 Å². The molecule has 2 aromatic rings. The van der Waals surface area contributed by atoms with Gasteiger partial charge in [-0.05, 0) is 37.1 Å². The number of aryl methyl sites for hydroxylation is 1. The summed E-state index contributed by atoms with van der Waals surface area (Å²) < 4.78 is 7.49. The number of fused-ring (bicyclic) bond motifs is 1. The zero-order valence-corrected chi connectivity index (χ0v) is 12.0. The predicted octanol–water partition coefficient (Wildman–Crippen LogP) is 3.04. The lowest BCUT2D eigenvalue weighted by Crippen LogP contribution is -2.08. The van der Waals surface area contributed by atoms with Crippen molar-refractivity contribution in [3.05, 3.63) is 24.2 Å². The Labute approximate surface area is 117 Å². The van der Waals surface area contributed by atoms with Crippen LogP contribution in [0.1, 0.15) is 30.5 Å². The Balaban J connectivity index is 1.96. The number of thioether (sulfide) groups is 1. The van der Waals surface area contributed by atoms with Crippen molar-refractivity contribution >= 4 is 22.9 Å². The van der Waals surface area contributed by atoms with E-state index in [1.807, 2.05) is 24.0 Å². The van der Waals surface area contributed by atoms with Crippen molar-refractivity contribution in [1.82, 2.24) is 14.5 Å². The predicted molar refractivity (Wildman–Crippen MR) is 78.5 cm³/mol. The molecule has 0 bridgehead atoms. The van der Waals surface area contributed by atoms with Gasteiger partial charge in [-0.1, -0.05) is 0 Å². The number of rotatable bonds is 5. The van der Waals surface area contributed by atoms with E-state index in [0.29, 0.717) is 5.37 Å². The first-order chi connectivity index (χ1) is 9.40. The summed E-state index contributed by atoms with van der Waals surface area (Å²) in [5.74, 6) is 2.40. The van der Waals surface area contributed by atoms with E-state index in [-0.39, 0.29) is 0 Å². The number of imidazole rings is 1. The van der Waals surface area contributed by atoms with Gasteiger partial charge in [0.05, 0.1) is 5.37 Å². The fourth-order valence-electron chi connectivity index (χ4n) is 2.59. The van der Waals surface area contributed by atoms with Gasteiger partial charge in [-0.15, -0.1) is 11.8 Å². The van der Waals surface area contributed by atoms with Gasteiger partial charge < -0.3 is 9.30 Å². The Morgan fingerprint density at radius 3 is 3.26 bits per heavy atom. The van der Waals surface area contributed by atoms with Crippen LogP contribution < -0.4 is 0 Å². The zero-order valence-electron chi connectivity index (χ0n) is 11.2. The highest BCUT2D eigenvalue weighted by atomic mass is 32.2. The first kappa shape index (κ1) is 12.9. The van der Waals surface area contributed by atoms with Gasteiger partial charge in [-0.25, -0.2) is 9.97 Å². The first-order valence-corrected chi connectivity index (χ1v) is 7.87. The number of ether oxygens (including phenoxy) is 1. The van der Waals surface area contributed by atoms with Gasteiger partial charge in [0.15, 0.2) is 5.65 Å². The molecule has 1 aliphatic rings. The number of hydrogen-bond donors (Lipinski definition) is 0. The number of aromatic nitrogens is 3. The lowest BCUT2D eigenvalue weighted by molar-refractivity contribution is 0.194. The van der Waals surface area contributed by atoms with Crippen molar-refractivity contribution in [2.75, 3.05) is 19.5 Å². The van der Waals surface area contributed by atoms with Gasteiger partial charge in [0, 0.05) is 26.3 Å². The number of methoxy groups -OCH3 is 1. The van der Waals surface area contributed by atoms with Crippen LogP contribution in [0.15, 0.2) is 18.3 Å². The first-order valence-electron chi connectivity index (χ1n) is 6.82. The van der Waals surface area contributed by atoms with E-state index >= 15 is 0 Å². The Bertz CT molecular complexity index is 549. The molecule has 3 heterocycles. The minimum absolute atomic E-state index is 0.512. The van der Waals surface area contributed by atoms with Crippen molar-refractivity contribution in [2.24, 2.45) is 0 Å². The third-order valence-electron chi connectivity index (χ3n) is 3.46. The molecule has 0 amide bonds. The summed E-state index contributed by atoms with van der Waals surface area (Å²) in [6.45, 7) is 0.786. The average Bonchev–Trinajstić information content (AvgIpc) is 3.04. The lowest BCUT2D eigenvalue weighted by Gasteiger charge is -2.14. The number of hydrogen-bond acceptors (Lipinski definition) is 4. The molecule has 1 fully saturated rings. The molecular weight excluding hydrogens is 258 g/mol. The van der Waals surface area contributed by atoms with Crippen LogP contribution in [0.25, 0.3) is 11.2 Å². The second-order valence-electron chi connectivity index (χ2n) is 4.81. The lowest BCUT2D eigenvalue weighted by atomic mass is 10.3. The van der Waals surface area contributed by atoms with Gasteiger partial charge in [0.1, 0.15) is 11.3 Å². The maximum Gasteiger partial charge on any atom is 0.160 e. The highest BCUT2D eigenvalue weighted by molar-refractivity contribution is 7.99. The molecule has 2 aromatic heterocycles. The van der Waals surface area contributed by atoms with E-state index in [9.17, 15) is 0 Å². The molecule has 1 unspecified atom stereocenters. The van der Waals surface area contributed by atoms with Gasteiger partial charge in [-0.2, -0.15) is 0 Å². The van der Waals surface area contributed by atoms with Crippen molar-refractivity contribution in [1.29, 1.82) is 0 Å². The fraction of sp³-hybridized carbons (Fsp3) is 0.571. The van der Waals surface area contributed by atoms with E-state index in [0.717, 1.165) is 36.4 Å². The summed E-state index contributed by atoms with van der Waals surface area (Å²) in [6, 6.07) is 4.01. The quantitative estimate of drug-likeness (QED) is 0.788. The smallest absolute Gasteiger partial charge is 0.160 e. The second-order valence-corrected chi connectivity index (χ2v) is 6.09. The van der Waals surface area contributed by atoms with Crippen LogP contribution in [-0.2, 0) is 11.2 Å². The largest absolute Gasteiger partial charge is 0.385 e. The maximum atomic E-state index is 5.15.